The second-order valence-electron chi connectivity index (χ2n) is 2.05. The topological polar surface area (TPSA) is 44.0 Å². The van der Waals surface area contributed by atoms with Crippen molar-refractivity contribution in [3.05, 3.63) is 34.9 Å². The minimum absolute atomic E-state index is 0.418. The summed E-state index contributed by atoms with van der Waals surface area (Å²) in [6.45, 7) is 0. The fraction of sp³-hybridized carbons (Fsp3) is 0.125. The summed E-state index contributed by atoms with van der Waals surface area (Å²) in [6, 6.07) is 8.42. The van der Waals surface area contributed by atoms with Gasteiger partial charge in [-0.05, 0) is 6.07 Å². The summed E-state index contributed by atoms with van der Waals surface area (Å²) in [5.41, 5.74) is 0.455. The van der Waals surface area contributed by atoms with Crippen molar-refractivity contribution < 1.29 is 5.11 Å². The summed E-state index contributed by atoms with van der Waals surface area (Å²) < 4.78 is 0. The van der Waals surface area contributed by atoms with E-state index < -0.39 is 6.10 Å². The average molecular weight is 168 g/mol. The van der Waals surface area contributed by atoms with Crippen LogP contribution in [-0.2, 0) is 0 Å². The minimum Gasteiger partial charge on any atom is -0.374 e. The van der Waals surface area contributed by atoms with E-state index in [1.165, 1.54) is 0 Å². The minimum atomic E-state index is -1.12. The Morgan fingerprint density at radius 1 is 1.45 bits per heavy atom. The van der Waals surface area contributed by atoms with E-state index in [2.05, 4.69) is 0 Å². The van der Waals surface area contributed by atoms with Gasteiger partial charge in [0.1, 0.15) is 0 Å². The van der Waals surface area contributed by atoms with Gasteiger partial charge in [0, 0.05) is 10.6 Å². The smallest absolute Gasteiger partial charge is 0.167 e. The number of aliphatic hydroxyl groups excluding tert-OH is 1. The van der Waals surface area contributed by atoms with Crippen LogP contribution in [0.15, 0.2) is 24.3 Å². The van der Waals surface area contributed by atoms with Crippen molar-refractivity contribution in [2.75, 3.05) is 0 Å². The molecule has 1 rings (SSSR count). The number of hydrogen-bond acceptors (Lipinski definition) is 2. The fourth-order valence-corrected chi connectivity index (χ4v) is 1.01. The Kier molecular flexibility index (Phi) is 2.48. The first-order valence-corrected chi connectivity index (χ1v) is 3.45. The predicted molar refractivity (Wildman–Crippen MR) is 42.0 cm³/mol. The molecule has 56 valence electrons. The van der Waals surface area contributed by atoms with Gasteiger partial charge in [0.25, 0.3) is 0 Å². The van der Waals surface area contributed by atoms with Crippen LogP contribution in [0.25, 0.3) is 0 Å². The van der Waals surface area contributed by atoms with E-state index in [0.29, 0.717) is 10.6 Å². The summed E-state index contributed by atoms with van der Waals surface area (Å²) in [4.78, 5) is 0. The molecule has 0 aliphatic heterocycles. The standard InChI is InChI=1S/C8H6ClNO/c9-7-4-2-1-3-6(7)8(11)5-10/h1-4,8,11H/t8-/m1/s1. The van der Waals surface area contributed by atoms with Crippen LogP contribution in [0.2, 0.25) is 5.02 Å². The summed E-state index contributed by atoms with van der Waals surface area (Å²) in [5.74, 6) is 0. The lowest BCUT2D eigenvalue weighted by Gasteiger charge is -2.02. The number of nitrogens with zero attached hydrogens (tertiary/aromatic N) is 1. The van der Waals surface area contributed by atoms with Gasteiger partial charge in [0.15, 0.2) is 6.10 Å². The van der Waals surface area contributed by atoms with Crippen molar-refractivity contribution in [2.24, 2.45) is 0 Å². The molecular weight excluding hydrogens is 162 g/mol. The zero-order valence-corrected chi connectivity index (χ0v) is 6.42. The van der Waals surface area contributed by atoms with E-state index in [1.54, 1.807) is 30.3 Å². The molecule has 11 heavy (non-hydrogen) atoms. The number of nitriles is 1. The third kappa shape index (κ3) is 1.70. The molecule has 0 spiro atoms. The van der Waals surface area contributed by atoms with Gasteiger partial charge >= 0.3 is 0 Å². The highest BCUT2D eigenvalue weighted by Gasteiger charge is 2.07. The normalized spacial score (nSPS) is 12.1. The van der Waals surface area contributed by atoms with Crippen LogP contribution in [0.3, 0.4) is 0 Å². The Morgan fingerprint density at radius 3 is 2.64 bits per heavy atom. The average Bonchev–Trinajstić information content (AvgIpc) is 2.04. The van der Waals surface area contributed by atoms with E-state index in [0.717, 1.165) is 0 Å². The lowest BCUT2D eigenvalue weighted by atomic mass is 10.1. The number of aliphatic hydroxyl groups is 1. The Bertz CT molecular complexity index is 292. The second-order valence-corrected chi connectivity index (χ2v) is 2.46. The molecule has 0 saturated heterocycles. The van der Waals surface area contributed by atoms with E-state index in [1.807, 2.05) is 0 Å². The monoisotopic (exact) mass is 167 g/mol. The van der Waals surface area contributed by atoms with Gasteiger partial charge in [0.05, 0.1) is 6.07 Å². The van der Waals surface area contributed by atoms with E-state index >= 15 is 0 Å². The molecule has 1 aromatic carbocycles. The molecule has 1 aromatic rings. The van der Waals surface area contributed by atoms with Crippen LogP contribution in [0.5, 0.6) is 0 Å². The van der Waals surface area contributed by atoms with E-state index in [4.69, 9.17) is 22.0 Å². The number of halogens is 1. The number of benzene rings is 1. The van der Waals surface area contributed by atoms with E-state index in [-0.39, 0.29) is 0 Å². The third-order valence-corrected chi connectivity index (χ3v) is 1.67. The highest BCUT2D eigenvalue weighted by molar-refractivity contribution is 6.31. The van der Waals surface area contributed by atoms with Gasteiger partial charge in [0.2, 0.25) is 0 Å². The van der Waals surface area contributed by atoms with Crippen LogP contribution in [-0.4, -0.2) is 5.11 Å². The van der Waals surface area contributed by atoms with Gasteiger partial charge in [-0.3, -0.25) is 0 Å². The molecule has 0 fully saturated rings. The molecule has 1 atom stereocenters. The molecule has 0 aromatic heterocycles. The molecule has 0 aliphatic carbocycles. The van der Waals surface area contributed by atoms with Gasteiger partial charge in [-0.25, -0.2) is 0 Å². The van der Waals surface area contributed by atoms with Crippen molar-refractivity contribution in [1.82, 2.24) is 0 Å². The van der Waals surface area contributed by atoms with Gasteiger partial charge < -0.3 is 5.11 Å². The van der Waals surface area contributed by atoms with Crippen LogP contribution < -0.4 is 0 Å². The van der Waals surface area contributed by atoms with Crippen molar-refractivity contribution in [3.8, 4) is 6.07 Å². The van der Waals surface area contributed by atoms with Crippen LogP contribution >= 0.6 is 11.6 Å². The Morgan fingerprint density at radius 2 is 2.09 bits per heavy atom. The van der Waals surface area contributed by atoms with Crippen molar-refractivity contribution in [3.63, 3.8) is 0 Å². The molecule has 0 heterocycles. The maximum atomic E-state index is 9.06. The van der Waals surface area contributed by atoms with E-state index in [9.17, 15) is 0 Å². The molecule has 3 heteroatoms. The zero-order chi connectivity index (χ0) is 8.27. The van der Waals surface area contributed by atoms with Gasteiger partial charge in [-0.15, -0.1) is 0 Å². The predicted octanol–water partition coefficient (Wildman–Crippen LogP) is 1.90. The highest BCUT2D eigenvalue weighted by atomic mass is 35.5. The first-order chi connectivity index (χ1) is 5.25. The second kappa shape index (κ2) is 3.38. The maximum absolute atomic E-state index is 9.06. The van der Waals surface area contributed by atoms with Crippen LogP contribution in [0, 0.1) is 11.3 Å². The molecule has 0 unspecified atom stereocenters. The summed E-state index contributed by atoms with van der Waals surface area (Å²) in [7, 11) is 0. The quantitative estimate of drug-likeness (QED) is 0.650. The summed E-state index contributed by atoms with van der Waals surface area (Å²) in [5, 5.41) is 17.8. The summed E-state index contributed by atoms with van der Waals surface area (Å²) >= 11 is 5.69. The third-order valence-electron chi connectivity index (χ3n) is 1.32. The molecule has 0 aliphatic rings. The van der Waals surface area contributed by atoms with Crippen molar-refractivity contribution in [2.45, 2.75) is 6.10 Å². The Labute approximate surface area is 69.7 Å². The first kappa shape index (κ1) is 8.06. The molecular formula is C8H6ClNO. The fourth-order valence-electron chi connectivity index (χ4n) is 0.766. The largest absolute Gasteiger partial charge is 0.374 e. The first-order valence-electron chi connectivity index (χ1n) is 3.08. The lowest BCUT2D eigenvalue weighted by Crippen LogP contribution is -1.93. The molecule has 1 N–H and O–H groups in total. The number of rotatable bonds is 1. The van der Waals surface area contributed by atoms with Gasteiger partial charge in [-0.1, -0.05) is 29.8 Å². The summed E-state index contributed by atoms with van der Waals surface area (Å²) in [6.07, 6.45) is -1.12. The zero-order valence-electron chi connectivity index (χ0n) is 5.66. The SMILES string of the molecule is N#C[C@@H](O)c1ccccc1Cl. The molecule has 0 radical (unpaired) electrons. The molecule has 0 saturated carbocycles. The molecule has 0 amide bonds. The van der Waals surface area contributed by atoms with Crippen molar-refractivity contribution >= 4 is 11.6 Å². The number of hydrogen-bond donors (Lipinski definition) is 1. The van der Waals surface area contributed by atoms with Crippen LogP contribution in [0.4, 0.5) is 0 Å². The maximum Gasteiger partial charge on any atom is 0.167 e. The Balaban J connectivity index is 3.05. The Hall–Kier alpha value is -1.04. The molecule has 0 bridgehead atoms. The van der Waals surface area contributed by atoms with Crippen LogP contribution in [0.1, 0.15) is 11.7 Å². The van der Waals surface area contributed by atoms with Gasteiger partial charge in [-0.2, -0.15) is 5.26 Å². The van der Waals surface area contributed by atoms with Crippen molar-refractivity contribution in [1.29, 1.82) is 5.26 Å². The lowest BCUT2D eigenvalue weighted by molar-refractivity contribution is 0.236. The molecule has 2 nitrogen and oxygen atoms in total. The highest BCUT2D eigenvalue weighted by Crippen LogP contribution is 2.21.